The van der Waals surface area contributed by atoms with E-state index in [1.165, 1.54) is 0 Å². The Morgan fingerprint density at radius 3 is 2.43 bits per heavy atom. The first-order valence-electron chi connectivity index (χ1n) is 7.28. The molecule has 0 bridgehead atoms. The van der Waals surface area contributed by atoms with Crippen LogP contribution in [0.25, 0.3) is 11.4 Å². The maximum Gasteiger partial charge on any atom is 0.213 e. The van der Waals surface area contributed by atoms with Gasteiger partial charge in [0.05, 0.1) is 11.0 Å². The summed E-state index contributed by atoms with van der Waals surface area (Å²) in [6, 6.07) is 17.0. The molecular weight excluding hydrogens is 308 g/mol. The van der Waals surface area contributed by atoms with Crippen molar-refractivity contribution in [2.75, 3.05) is 0 Å². The Morgan fingerprint density at radius 1 is 0.957 bits per heavy atom. The van der Waals surface area contributed by atoms with Crippen LogP contribution in [0.15, 0.2) is 64.9 Å². The second-order valence-corrected chi connectivity index (χ2v) is 6.58. The monoisotopic (exact) mass is 322 g/mol. The highest BCUT2D eigenvalue weighted by molar-refractivity contribution is 8.00. The summed E-state index contributed by atoms with van der Waals surface area (Å²) in [4.78, 5) is 0. The van der Waals surface area contributed by atoms with Gasteiger partial charge < -0.3 is 5.11 Å². The summed E-state index contributed by atoms with van der Waals surface area (Å²) < 4.78 is 1.79. The number of thioether (sulfide) groups is 1. The van der Waals surface area contributed by atoms with Gasteiger partial charge in [0.2, 0.25) is 5.16 Å². The van der Waals surface area contributed by atoms with Crippen LogP contribution >= 0.6 is 11.8 Å². The number of rotatable bonds is 2. The van der Waals surface area contributed by atoms with E-state index in [9.17, 15) is 5.11 Å². The molecule has 0 fully saturated rings. The molecule has 2 aromatic carbocycles. The average Bonchev–Trinajstić information content (AvgIpc) is 2.98. The van der Waals surface area contributed by atoms with E-state index >= 15 is 0 Å². The van der Waals surface area contributed by atoms with Gasteiger partial charge in [0, 0.05) is 5.56 Å². The van der Waals surface area contributed by atoms with Gasteiger partial charge in [-0.05, 0) is 36.8 Å². The smallest absolute Gasteiger partial charge is 0.213 e. The third kappa shape index (κ3) is 2.51. The summed E-state index contributed by atoms with van der Waals surface area (Å²) >= 11 is 1.63. The molecule has 114 valence electrons. The number of aromatic nitrogens is 3. The van der Waals surface area contributed by atoms with Gasteiger partial charge in [-0.1, -0.05) is 42.1 Å². The fourth-order valence-electron chi connectivity index (χ4n) is 2.52. The molecule has 2 heterocycles. The van der Waals surface area contributed by atoms with Gasteiger partial charge in [0.15, 0.2) is 5.82 Å². The Bertz CT molecular complexity index is 871. The molecular formula is C17H14N4OS. The van der Waals surface area contributed by atoms with Gasteiger partial charge >= 0.3 is 0 Å². The van der Waals surface area contributed by atoms with E-state index in [-0.39, 0.29) is 11.0 Å². The van der Waals surface area contributed by atoms with E-state index in [0.717, 1.165) is 27.8 Å². The summed E-state index contributed by atoms with van der Waals surface area (Å²) in [6.07, 6.45) is 0. The van der Waals surface area contributed by atoms with Gasteiger partial charge in [-0.2, -0.15) is 9.78 Å². The van der Waals surface area contributed by atoms with Crippen molar-refractivity contribution >= 4 is 17.5 Å². The molecule has 0 spiro atoms. The minimum Gasteiger partial charge on any atom is -0.508 e. The lowest BCUT2D eigenvalue weighted by Gasteiger charge is -2.20. The zero-order valence-corrected chi connectivity index (χ0v) is 13.2. The zero-order chi connectivity index (χ0) is 15.8. The van der Waals surface area contributed by atoms with Crippen LogP contribution in [-0.4, -0.2) is 30.9 Å². The molecule has 1 aliphatic rings. The maximum atomic E-state index is 9.47. The number of nitrogens with zero attached hydrogens (tertiary/aromatic N) is 4. The summed E-state index contributed by atoms with van der Waals surface area (Å²) in [5.41, 5.74) is 2.91. The van der Waals surface area contributed by atoms with Gasteiger partial charge in [-0.15, -0.1) is 10.2 Å². The molecule has 1 N–H and O–H groups in total. The molecule has 1 aliphatic heterocycles. The van der Waals surface area contributed by atoms with Crippen LogP contribution in [0.1, 0.15) is 12.5 Å². The van der Waals surface area contributed by atoms with Gasteiger partial charge in [0.1, 0.15) is 5.75 Å². The van der Waals surface area contributed by atoms with E-state index < -0.39 is 0 Å². The normalized spacial score (nSPS) is 16.7. The number of fused-ring (bicyclic) bond motifs is 1. The number of aromatic hydroxyl groups is 1. The topological polar surface area (TPSA) is 63.3 Å². The fourth-order valence-corrected chi connectivity index (χ4v) is 3.45. The number of phenolic OH excluding ortho intramolecular Hbond substituents is 1. The first-order valence-corrected chi connectivity index (χ1v) is 8.16. The summed E-state index contributed by atoms with van der Waals surface area (Å²) in [5, 5.41) is 23.7. The zero-order valence-electron chi connectivity index (χ0n) is 12.4. The Hall–Kier alpha value is -2.60. The van der Waals surface area contributed by atoms with E-state index in [1.54, 1.807) is 28.6 Å². The molecule has 6 heteroatoms. The number of phenols is 1. The molecule has 4 rings (SSSR count). The van der Waals surface area contributed by atoms with Crippen molar-refractivity contribution < 1.29 is 5.11 Å². The minimum absolute atomic E-state index is 0.167. The molecule has 1 atom stereocenters. The van der Waals surface area contributed by atoms with E-state index in [0.29, 0.717) is 0 Å². The number of hydrogen-bond donors (Lipinski definition) is 1. The largest absolute Gasteiger partial charge is 0.508 e. The number of hydrogen-bond acceptors (Lipinski definition) is 5. The second-order valence-electron chi connectivity index (χ2n) is 5.28. The molecule has 0 unspecified atom stereocenters. The molecule has 0 aliphatic carbocycles. The third-order valence-corrected chi connectivity index (χ3v) is 4.72. The second kappa shape index (κ2) is 5.55. The van der Waals surface area contributed by atoms with Crippen LogP contribution in [0.3, 0.4) is 0 Å². The lowest BCUT2D eigenvalue weighted by Crippen LogP contribution is -2.21. The SMILES string of the molecule is C[C@H]1Sc2nnc(-c3ccccc3)n2N=C1c1ccc(O)cc1. The van der Waals surface area contributed by atoms with Crippen molar-refractivity contribution in [3.63, 3.8) is 0 Å². The van der Waals surface area contributed by atoms with Gasteiger partial charge in [0.25, 0.3) is 0 Å². The Labute approximate surface area is 137 Å². The lowest BCUT2D eigenvalue weighted by molar-refractivity contribution is 0.475. The summed E-state index contributed by atoms with van der Waals surface area (Å²) in [6.45, 7) is 2.09. The quantitative estimate of drug-likeness (QED) is 0.785. The van der Waals surface area contributed by atoms with Crippen LogP contribution in [-0.2, 0) is 0 Å². The first-order chi connectivity index (χ1) is 11.2. The summed E-state index contributed by atoms with van der Waals surface area (Å²) in [5.74, 6) is 0.983. The third-order valence-electron chi connectivity index (χ3n) is 3.68. The van der Waals surface area contributed by atoms with Crippen molar-refractivity contribution in [3.05, 3.63) is 60.2 Å². The van der Waals surface area contributed by atoms with Crippen molar-refractivity contribution in [1.29, 1.82) is 0 Å². The first kappa shape index (κ1) is 14.0. The molecule has 3 aromatic rings. The van der Waals surface area contributed by atoms with Crippen LogP contribution in [0.4, 0.5) is 0 Å². The highest BCUT2D eigenvalue weighted by Crippen LogP contribution is 2.32. The standard InChI is InChI=1S/C17H14N4OS/c1-11-15(12-7-9-14(22)10-8-12)20-21-16(18-19-17(21)23-11)13-5-3-2-4-6-13/h2-11,22H,1H3/t11-/m1/s1. The Balaban J connectivity index is 1.83. The van der Waals surface area contributed by atoms with E-state index in [4.69, 9.17) is 5.10 Å². The fraction of sp³-hybridized carbons (Fsp3) is 0.118. The Kier molecular flexibility index (Phi) is 3.38. The summed E-state index contributed by atoms with van der Waals surface area (Å²) in [7, 11) is 0. The van der Waals surface area contributed by atoms with Crippen LogP contribution in [0, 0.1) is 0 Å². The van der Waals surface area contributed by atoms with E-state index in [1.807, 2.05) is 42.5 Å². The molecule has 5 nitrogen and oxygen atoms in total. The number of benzene rings is 2. The molecule has 0 amide bonds. The highest BCUT2D eigenvalue weighted by atomic mass is 32.2. The predicted octanol–water partition coefficient (Wildman–Crippen LogP) is 3.40. The molecule has 23 heavy (non-hydrogen) atoms. The average molecular weight is 322 g/mol. The van der Waals surface area contributed by atoms with Crippen molar-refractivity contribution in [2.24, 2.45) is 5.10 Å². The Morgan fingerprint density at radius 2 is 1.70 bits per heavy atom. The van der Waals surface area contributed by atoms with Gasteiger partial charge in [-0.25, -0.2) is 0 Å². The van der Waals surface area contributed by atoms with Crippen LogP contribution < -0.4 is 0 Å². The van der Waals surface area contributed by atoms with Crippen molar-refractivity contribution in [1.82, 2.24) is 14.9 Å². The predicted molar refractivity (Wildman–Crippen MR) is 90.8 cm³/mol. The van der Waals surface area contributed by atoms with Crippen molar-refractivity contribution in [3.8, 4) is 17.1 Å². The lowest BCUT2D eigenvalue weighted by atomic mass is 10.1. The molecule has 0 saturated heterocycles. The minimum atomic E-state index is 0.167. The highest BCUT2D eigenvalue weighted by Gasteiger charge is 2.26. The van der Waals surface area contributed by atoms with Crippen molar-refractivity contribution in [2.45, 2.75) is 17.3 Å². The van der Waals surface area contributed by atoms with E-state index in [2.05, 4.69) is 17.1 Å². The van der Waals surface area contributed by atoms with Crippen LogP contribution in [0.5, 0.6) is 5.75 Å². The molecule has 1 aromatic heterocycles. The van der Waals surface area contributed by atoms with Crippen LogP contribution in [0.2, 0.25) is 0 Å². The van der Waals surface area contributed by atoms with Gasteiger partial charge in [-0.3, -0.25) is 0 Å². The molecule has 0 saturated carbocycles. The maximum absolute atomic E-state index is 9.47. The molecule has 0 radical (unpaired) electrons.